The zero-order valence-electron chi connectivity index (χ0n) is 10.2. The van der Waals surface area contributed by atoms with Crippen LogP contribution in [0.3, 0.4) is 0 Å². The molecule has 0 aromatic rings. The van der Waals surface area contributed by atoms with E-state index in [2.05, 4.69) is 0 Å². The lowest BCUT2D eigenvalue weighted by molar-refractivity contribution is -0.0618. The summed E-state index contributed by atoms with van der Waals surface area (Å²) < 4.78 is 0. The number of aliphatic hydroxyl groups is 6. The lowest BCUT2D eigenvalue weighted by atomic mass is 9.78. The third-order valence-electron chi connectivity index (χ3n) is 3.48. The highest BCUT2D eigenvalue weighted by Gasteiger charge is 2.35. The van der Waals surface area contributed by atoms with Crippen molar-refractivity contribution in [2.24, 2.45) is 10.8 Å². The van der Waals surface area contributed by atoms with Gasteiger partial charge in [-0.15, -0.1) is 0 Å². The average Bonchev–Trinajstić information content (AvgIpc) is 2.39. The van der Waals surface area contributed by atoms with Gasteiger partial charge in [-0.1, -0.05) is 6.92 Å². The first-order valence-electron chi connectivity index (χ1n) is 5.66. The summed E-state index contributed by atoms with van der Waals surface area (Å²) in [4.78, 5) is 0. The number of rotatable bonds is 9. The quantitative estimate of drug-likeness (QED) is 0.284. The molecule has 0 spiro atoms. The van der Waals surface area contributed by atoms with E-state index in [1.165, 1.54) is 6.92 Å². The highest BCUT2D eigenvalue weighted by Crippen LogP contribution is 2.29. The molecule has 0 amide bonds. The largest absolute Gasteiger partial charge is 0.396 e. The van der Waals surface area contributed by atoms with Gasteiger partial charge in [-0.2, -0.15) is 0 Å². The minimum Gasteiger partial charge on any atom is -0.396 e. The highest BCUT2D eigenvalue weighted by atomic mass is 16.3. The monoisotopic (exact) mass is 252 g/mol. The van der Waals surface area contributed by atoms with Crippen LogP contribution in [0.1, 0.15) is 19.8 Å². The molecule has 0 radical (unpaired) electrons. The summed E-state index contributed by atoms with van der Waals surface area (Å²) in [6.07, 6.45) is -0.603. The second-order valence-corrected chi connectivity index (χ2v) is 5.00. The summed E-state index contributed by atoms with van der Waals surface area (Å²) in [6.45, 7) is -0.356. The first-order chi connectivity index (χ1) is 7.93. The van der Waals surface area contributed by atoms with Crippen molar-refractivity contribution in [1.29, 1.82) is 0 Å². The second kappa shape index (κ2) is 7.25. The van der Waals surface area contributed by atoms with Crippen molar-refractivity contribution >= 4 is 0 Å². The Hall–Kier alpha value is -0.240. The van der Waals surface area contributed by atoms with Gasteiger partial charge < -0.3 is 30.6 Å². The van der Waals surface area contributed by atoms with Gasteiger partial charge in [-0.05, 0) is 12.8 Å². The molecule has 6 heteroatoms. The van der Waals surface area contributed by atoms with Gasteiger partial charge in [-0.25, -0.2) is 0 Å². The van der Waals surface area contributed by atoms with E-state index in [0.717, 1.165) is 0 Å². The van der Waals surface area contributed by atoms with Gasteiger partial charge in [0, 0.05) is 10.8 Å². The van der Waals surface area contributed by atoms with E-state index in [4.69, 9.17) is 25.5 Å². The summed E-state index contributed by atoms with van der Waals surface area (Å²) >= 11 is 0. The average molecular weight is 252 g/mol. The summed E-state index contributed by atoms with van der Waals surface area (Å²) in [5.41, 5.74) is -2.06. The van der Waals surface area contributed by atoms with E-state index in [-0.39, 0.29) is 45.9 Å². The van der Waals surface area contributed by atoms with Crippen LogP contribution < -0.4 is 0 Å². The van der Waals surface area contributed by atoms with Gasteiger partial charge >= 0.3 is 0 Å². The van der Waals surface area contributed by atoms with E-state index >= 15 is 0 Å². The minimum atomic E-state index is -1.03. The fourth-order valence-electron chi connectivity index (χ4n) is 1.44. The van der Waals surface area contributed by atoms with Crippen molar-refractivity contribution in [3.05, 3.63) is 0 Å². The van der Waals surface area contributed by atoms with Gasteiger partial charge in [0.25, 0.3) is 0 Å². The van der Waals surface area contributed by atoms with Crippen molar-refractivity contribution in [3.8, 4) is 0 Å². The molecule has 0 aromatic heterocycles. The Balaban J connectivity index is 4.44. The molecule has 6 nitrogen and oxygen atoms in total. The Kier molecular flexibility index (Phi) is 7.15. The van der Waals surface area contributed by atoms with E-state index < -0.39 is 16.9 Å². The third kappa shape index (κ3) is 4.17. The number of hydrogen-bond donors (Lipinski definition) is 6. The molecule has 0 aliphatic heterocycles. The maximum Gasteiger partial charge on any atom is 0.0638 e. The SMILES string of the molecule is CC(CO)(CO)C(O)CCC(CO)(CO)CO. The molecule has 0 saturated heterocycles. The van der Waals surface area contributed by atoms with Crippen LogP contribution in [0.2, 0.25) is 0 Å². The lowest BCUT2D eigenvalue weighted by Crippen LogP contribution is -2.41. The molecule has 0 saturated carbocycles. The Morgan fingerprint density at radius 3 is 1.53 bits per heavy atom. The molecule has 0 rings (SSSR count). The topological polar surface area (TPSA) is 121 Å². The normalized spacial score (nSPS) is 15.0. The smallest absolute Gasteiger partial charge is 0.0638 e. The summed E-state index contributed by atoms with van der Waals surface area (Å²) in [7, 11) is 0. The zero-order valence-corrected chi connectivity index (χ0v) is 10.2. The van der Waals surface area contributed by atoms with Crippen molar-refractivity contribution in [3.63, 3.8) is 0 Å². The number of hydrogen-bond acceptors (Lipinski definition) is 6. The Morgan fingerprint density at radius 1 is 0.824 bits per heavy atom. The molecule has 1 atom stereocenters. The van der Waals surface area contributed by atoms with Crippen LogP contribution in [0.5, 0.6) is 0 Å². The van der Waals surface area contributed by atoms with Crippen LogP contribution in [0.4, 0.5) is 0 Å². The maximum atomic E-state index is 9.85. The Bertz CT molecular complexity index is 192. The molecule has 1 unspecified atom stereocenters. The molecule has 0 heterocycles. The van der Waals surface area contributed by atoms with E-state index in [1.54, 1.807) is 0 Å². The molecule has 0 aliphatic rings. The van der Waals surface area contributed by atoms with Gasteiger partial charge in [0.15, 0.2) is 0 Å². The lowest BCUT2D eigenvalue weighted by Gasteiger charge is -2.34. The van der Waals surface area contributed by atoms with Gasteiger partial charge in [0.2, 0.25) is 0 Å². The molecule has 0 aliphatic carbocycles. The van der Waals surface area contributed by atoms with E-state index in [1.807, 2.05) is 0 Å². The summed E-state index contributed by atoms with van der Waals surface area (Å²) in [6, 6.07) is 0. The van der Waals surface area contributed by atoms with Crippen LogP contribution in [0.15, 0.2) is 0 Å². The fraction of sp³-hybridized carbons (Fsp3) is 1.00. The van der Waals surface area contributed by atoms with Crippen LogP contribution >= 0.6 is 0 Å². The van der Waals surface area contributed by atoms with Crippen molar-refractivity contribution in [2.75, 3.05) is 33.0 Å². The molecule has 0 fully saturated rings. The third-order valence-corrected chi connectivity index (χ3v) is 3.48. The summed E-state index contributed by atoms with van der Waals surface area (Å²) in [5, 5.41) is 55.3. The molecule has 6 N–H and O–H groups in total. The van der Waals surface area contributed by atoms with Gasteiger partial charge in [0.1, 0.15) is 0 Å². The Morgan fingerprint density at radius 2 is 1.24 bits per heavy atom. The second-order valence-electron chi connectivity index (χ2n) is 5.00. The fourth-order valence-corrected chi connectivity index (χ4v) is 1.44. The summed E-state index contributed by atoms with van der Waals surface area (Å²) in [5.74, 6) is 0. The predicted molar refractivity (Wildman–Crippen MR) is 61.2 cm³/mol. The highest BCUT2D eigenvalue weighted by molar-refractivity contribution is 4.85. The standard InChI is InChI=1S/C11H24O6/c1-10(4-12,5-13)9(17)2-3-11(6-14,7-15)8-16/h9,12-17H,2-8H2,1H3. The van der Waals surface area contributed by atoms with Crippen LogP contribution in [0.25, 0.3) is 0 Å². The minimum absolute atomic E-state index is 0.166. The molecule has 104 valence electrons. The van der Waals surface area contributed by atoms with Crippen LogP contribution in [-0.4, -0.2) is 69.8 Å². The zero-order chi connectivity index (χ0) is 13.5. The van der Waals surface area contributed by atoms with Crippen LogP contribution in [-0.2, 0) is 0 Å². The molecule has 17 heavy (non-hydrogen) atoms. The maximum absolute atomic E-state index is 9.85. The van der Waals surface area contributed by atoms with Gasteiger partial charge in [-0.3, -0.25) is 0 Å². The van der Waals surface area contributed by atoms with Gasteiger partial charge in [0.05, 0.1) is 39.1 Å². The van der Waals surface area contributed by atoms with E-state index in [9.17, 15) is 5.11 Å². The Labute approximate surface area is 101 Å². The first-order valence-corrected chi connectivity index (χ1v) is 5.66. The molecule has 0 aromatic carbocycles. The molecular formula is C11H24O6. The van der Waals surface area contributed by atoms with E-state index in [0.29, 0.717) is 0 Å². The van der Waals surface area contributed by atoms with Crippen molar-refractivity contribution in [2.45, 2.75) is 25.9 Å². The molecular weight excluding hydrogens is 228 g/mol. The van der Waals surface area contributed by atoms with Crippen molar-refractivity contribution < 1.29 is 30.6 Å². The van der Waals surface area contributed by atoms with Crippen molar-refractivity contribution in [1.82, 2.24) is 0 Å². The molecule has 0 bridgehead atoms. The number of aliphatic hydroxyl groups excluding tert-OH is 6. The first kappa shape index (κ1) is 16.8. The predicted octanol–water partition coefficient (Wildman–Crippen LogP) is -1.92. The van der Waals surface area contributed by atoms with Crippen LogP contribution in [0, 0.1) is 10.8 Å².